The number of carbonyl (C=O) groups is 2. The third kappa shape index (κ3) is 3.33. The highest BCUT2D eigenvalue weighted by Gasteiger charge is 2.52. The van der Waals surface area contributed by atoms with Crippen molar-refractivity contribution >= 4 is 11.7 Å². The van der Waals surface area contributed by atoms with E-state index in [0.717, 1.165) is 30.4 Å². The van der Waals surface area contributed by atoms with E-state index in [2.05, 4.69) is 6.92 Å². The second-order valence-electron chi connectivity index (χ2n) is 9.59. The molecule has 1 fully saturated rings. The van der Waals surface area contributed by atoms with Crippen molar-refractivity contribution in [3.63, 3.8) is 0 Å². The first-order valence-electron chi connectivity index (χ1n) is 11.8. The molecule has 0 saturated heterocycles. The van der Waals surface area contributed by atoms with Crippen molar-refractivity contribution in [3.05, 3.63) is 64.9 Å². The maximum Gasteiger partial charge on any atom is 0.290 e. The van der Waals surface area contributed by atoms with Gasteiger partial charge in [0.2, 0.25) is 6.79 Å². The normalized spacial score (nSPS) is 27.4. The van der Waals surface area contributed by atoms with Gasteiger partial charge < -0.3 is 23.8 Å². The van der Waals surface area contributed by atoms with Gasteiger partial charge in [-0.15, -0.1) is 0 Å². The molecule has 2 aromatic rings. The van der Waals surface area contributed by atoms with Crippen LogP contribution in [-0.4, -0.2) is 36.6 Å². The average molecular weight is 462 g/mol. The topological polar surface area (TPSA) is 74.3 Å². The molecule has 1 amide bonds. The van der Waals surface area contributed by atoms with E-state index in [1.54, 1.807) is 12.0 Å². The first-order valence-corrected chi connectivity index (χ1v) is 11.8. The Balaban J connectivity index is 1.41. The van der Waals surface area contributed by atoms with Gasteiger partial charge in [-0.2, -0.15) is 0 Å². The monoisotopic (exact) mass is 461 g/mol. The van der Waals surface area contributed by atoms with Crippen LogP contribution in [0.15, 0.2) is 53.8 Å². The Hall–Kier alpha value is -3.48. The summed E-state index contributed by atoms with van der Waals surface area (Å²) in [6, 6.07) is 12.7. The Morgan fingerprint density at radius 3 is 2.76 bits per heavy atom. The van der Waals surface area contributed by atoms with Crippen LogP contribution in [0.25, 0.3) is 0 Å². The molecular weight excluding hydrogens is 434 g/mol. The van der Waals surface area contributed by atoms with Crippen LogP contribution in [0, 0.1) is 11.8 Å². The Morgan fingerprint density at radius 2 is 1.91 bits per heavy atom. The van der Waals surface area contributed by atoms with Crippen molar-refractivity contribution in [3.8, 4) is 17.2 Å². The van der Waals surface area contributed by atoms with Crippen LogP contribution in [0.3, 0.4) is 0 Å². The summed E-state index contributed by atoms with van der Waals surface area (Å²) in [7, 11) is 1.61. The number of carbonyl (C=O) groups excluding carboxylic acids is 2. The summed E-state index contributed by atoms with van der Waals surface area (Å²) in [6.45, 7) is 2.68. The van der Waals surface area contributed by atoms with Gasteiger partial charge in [-0.3, -0.25) is 9.59 Å². The molecule has 4 atom stereocenters. The third-order valence-corrected chi connectivity index (χ3v) is 7.40. The van der Waals surface area contributed by atoms with Gasteiger partial charge >= 0.3 is 0 Å². The molecule has 34 heavy (non-hydrogen) atoms. The Morgan fingerprint density at radius 1 is 1.06 bits per heavy atom. The van der Waals surface area contributed by atoms with Gasteiger partial charge in [0.05, 0.1) is 24.6 Å². The zero-order chi connectivity index (χ0) is 23.4. The lowest BCUT2D eigenvalue weighted by Gasteiger charge is -2.37. The minimum Gasteiger partial charge on any atom is -0.497 e. The van der Waals surface area contributed by atoms with Gasteiger partial charge in [-0.25, -0.2) is 0 Å². The average Bonchev–Trinajstić information content (AvgIpc) is 3.42. The second-order valence-corrected chi connectivity index (χ2v) is 9.59. The van der Waals surface area contributed by atoms with E-state index in [0.29, 0.717) is 35.3 Å². The minimum atomic E-state index is -0.534. The highest BCUT2D eigenvalue weighted by molar-refractivity contribution is 6.11. The number of Topliss-reactive ketones (excluding diaryl/α,β-unsaturated/α-hetero) is 1. The number of fused-ring (bicyclic) bond motifs is 2. The Labute approximate surface area is 198 Å². The van der Waals surface area contributed by atoms with Crippen molar-refractivity contribution < 1.29 is 28.5 Å². The second kappa shape index (κ2) is 8.08. The molecule has 6 rings (SSSR count). The van der Waals surface area contributed by atoms with Gasteiger partial charge in [0.15, 0.2) is 23.0 Å². The number of hydrogen-bond donors (Lipinski definition) is 0. The van der Waals surface area contributed by atoms with Crippen LogP contribution < -0.4 is 14.2 Å². The van der Waals surface area contributed by atoms with E-state index in [4.69, 9.17) is 18.9 Å². The molecular formula is C27H27NO6. The van der Waals surface area contributed by atoms with Gasteiger partial charge in [-0.1, -0.05) is 25.1 Å². The van der Waals surface area contributed by atoms with Crippen LogP contribution in [0.2, 0.25) is 0 Å². The van der Waals surface area contributed by atoms with Gasteiger partial charge in [0.25, 0.3) is 5.91 Å². The highest BCUT2D eigenvalue weighted by atomic mass is 16.7. The molecule has 0 radical (unpaired) electrons. The summed E-state index contributed by atoms with van der Waals surface area (Å²) in [6.07, 6.45) is 2.38. The Kier molecular flexibility index (Phi) is 5.01. The molecule has 3 aliphatic heterocycles. The summed E-state index contributed by atoms with van der Waals surface area (Å²) in [5.74, 6) is 2.31. The number of amides is 1. The number of nitrogens with zero attached hydrogens (tertiary/aromatic N) is 1. The molecule has 3 heterocycles. The number of benzene rings is 2. The van der Waals surface area contributed by atoms with Crippen molar-refractivity contribution in [1.29, 1.82) is 0 Å². The highest BCUT2D eigenvalue weighted by Crippen LogP contribution is 2.48. The molecule has 2 aromatic carbocycles. The molecule has 0 bridgehead atoms. The maximum atomic E-state index is 13.8. The number of rotatable bonds is 4. The quantitative estimate of drug-likeness (QED) is 0.681. The third-order valence-electron chi connectivity index (χ3n) is 7.40. The van der Waals surface area contributed by atoms with E-state index < -0.39 is 6.04 Å². The first kappa shape index (κ1) is 21.1. The molecule has 7 heteroatoms. The smallest absolute Gasteiger partial charge is 0.290 e. The van der Waals surface area contributed by atoms with Crippen LogP contribution in [0.1, 0.15) is 43.4 Å². The predicted octanol–water partition coefficient (Wildman–Crippen LogP) is 4.17. The lowest BCUT2D eigenvalue weighted by Crippen LogP contribution is -2.41. The molecule has 0 spiro atoms. The fourth-order valence-electron chi connectivity index (χ4n) is 5.68. The van der Waals surface area contributed by atoms with Crippen LogP contribution in [-0.2, 0) is 20.9 Å². The molecule has 0 aromatic heterocycles. The summed E-state index contributed by atoms with van der Waals surface area (Å²) in [5, 5.41) is 0. The van der Waals surface area contributed by atoms with Crippen molar-refractivity contribution in [2.24, 2.45) is 11.8 Å². The summed E-state index contributed by atoms with van der Waals surface area (Å²) in [4.78, 5) is 29.3. The lowest BCUT2D eigenvalue weighted by atomic mass is 9.74. The lowest BCUT2D eigenvalue weighted by molar-refractivity contribution is -0.136. The van der Waals surface area contributed by atoms with Gasteiger partial charge in [0.1, 0.15) is 11.9 Å². The molecule has 176 valence electrons. The zero-order valence-electron chi connectivity index (χ0n) is 19.3. The number of hydrogen-bond acceptors (Lipinski definition) is 6. The van der Waals surface area contributed by atoms with Crippen molar-refractivity contribution in [1.82, 2.24) is 4.90 Å². The summed E-state index contributed by atoms with van der Waals surface area (Å²) >= 11 is 0. The van der Waals surface area contributed by atoms with Crippen LogP contribution in [0.5, 0.6) is 17.2 Å². The van der Waals surface area contributed by atoms with E-state index in [1.165, 1.54) is 0 Å². The molecule has 4 aliphatic rings. The largest absolute Gasteiger partial charge is 0.497 e. The van der Waals surface area contributed by atoms with Crippen molar-refractivity contribution in [2.45, 2.75) is 44.9 Å². The molecule has 4 unspecified atom stereocenters. The first-order chi connectivity index (χ1) is 16.5. The minimum absolute atomic E-state index is 0.0483. The standard InChI is InChI=1S/C27H27NO6/c1-15-6-8-20-19(10-15)25(29)23-24(17-4-3-5-18(12-17)31-2)28(27(30)26(23)34-20)13-16-7-9-21-22(11-16)33-14-32-21/h3-5,7,9,11-12,15,19-20,24H,6,8,10,13-14H2,1-2H3. The fourth-order valence-corrected chi connectivity index (χ4v) is 5.68. The van der Waals surface area contributed by atoms with E-state index in [1.807, 2.05) is 42.5 Å². The summed E-state index contributed by atoms with van der Waals surface area (Å²) in [5.41, 5.74) is 2.20. The molecule has 1 aliphatic carbocycles. The van der Waals surface area contributed by atoms with Crippen LogP contribution in [0.4, 0.5) is 0 Å². The molecule has 7 nitrogen and oxygen atoms in total. The van der Waals surface area contributed by atoms with E-state index in [-0.39, 0.29) is 36.3 Å². The molecule has 1 saturated carbocycles. The van der Waals surface area contributed by atoms with Crippen molar-refractivity contribution in [2.75, 3.05) is 13.9 Å². The van der Waals surface area contributed by atoms with Gasteiger partial charge in [0, 0.05) is 6.54 Å². The summed E-state index contributed by atoms with van der Waals surface area (Å²) < 4.78 is 22.7. The fraction of sp³-hybridized carbons (Fsp3) is 0.407. The van der Waals surface area contributed by atoms with Gasteiger partial charge in [-0.05, 0) is 60.6 Å². The molecule has 0 N–H and O–H groups in total. The van der Waals surface area contributed by atoms with E-state index >= 15 is 0 Å². The SMILES string of the molecule is COc1cccc(C2C3=C(OC4CCC(C)CC4C3=O)C(=O)N2Cc2ccc3c(c2)OCO3)c1. The number of methoxy groups -OCH3 is 1. The predicted molar refractivity (Wildman–Crippen MR) is 122 cm³/mol. The Bertz CT molecular complexity index is 1200. The zero-order valence-corrected chi connectivity index (χ0v) is 19.3. The number of ketones is 1. The van der Waals surface area contributed by atoms with E-state index in [9.17, 15) is 9.59 Å². The van der Waals surface area contributed by atoms with Crippen LogP contribution >= 0.6 is 0 Å². The number of ether oxygens (including phenoxy) is 4. The maximum absolute atomic E-state index is 13.8.